The largest absolute Gasteiger partial charge is 0.497 e. The van der Waals surface area contributed by atoms with E-state index >= 15 is 0 Å². The Morgan fingerprint density at radius 3 is 2.32 bits per heavy atom. The van der Waals surface area contributed by atoms with Crippen LogP contribution in [0.15, 0.2) is 36.4 Å². The van der Waals surface area contributed by atoms with Gasteiger partial charge in [-0.2, -0.15) is 0 Å². The number of hydrogen-bond acceptors (Lipinski definition) is 2. The second kappa shape index (κ2) is 7.26. The molecule has 0 spiro atoms. The van der Waals surface area contributed by atoms with Crippen molar-refractivity contribution in [3.63, 3.8) is 0 Å². The Kier molecular flexibility index (Phi) is 5.25. The van der Waals surface area contributed by atoms with Crippen LogP contribution in [-0.4, -0.2) is 13.5 Å². The van der Waals surface area contributed by atoms with Crippen molar-refractivity contribution in [3.8, 4) is 5.75 Å². The summed E-state index contributed by atoms with van der Waals surface area (Å²) in [5, 5.41) is -0.140. The van der Waals surface area contributed by atoms with Crippen LogP contribution in [0.5, 0.6) is 5.75 Å². The van der Waals surface area contributed by atoms with Crippen molar-refractivity contribution in [3.05, 3.63) is 63.9 Å². The standard InChI is InChI=1S/C19H18ClF3O2/c1-24-13-4-2-12(3-5-13)10-25-11-14-15(6-7-16(21)17(14)20)19(8-9-19)18(22)23/h2-7,18H,8-11H2,1H3. The van der Waals surface area contributed by atoms with Gasteiger partial charge in [0, 0.05) is 5.56 Å². The molecule has 2 aromatic rings. The fraction of sp³-hybridized carbons (Fsp3) is 0.368. The van der Waals surface area contributed by atoms with Gasteiger partial charge in [0.1, 0.15) is 11.6 Å². The first-order valence-electron chi connectivity index (χ1n) is 7.94. The van der Waals surface area contributed by atoms with Crippen molar-refractivity contribution in [2.45, 2.75) is 37.9 Å². The highest BCUT2D eigenvalue weighted by atomic mass is 35.5. The van der Waals surface area contributed by atoms with Gasteiger partial charge >= 0.3 is 0 Å². The van der Waals surface area contributed by atoms with E-state index in [1.807, 2.05) is 12.1 Å². The molecule has 2 nitrogen and oxygen atoms in total. The second-order valence-electron chi connectivity index (χ2n) is 6.19. The Bertz CT molecular complexity index is 743. The highest BCUT2D eigenvalue weighted by molar-refractivity contribution is 6.31. The Hall–Kier alpha value is -1.72. The molecule has 1 aliphatic carbocycles. The van der Waals surface area contributed by atoms with Gasteiger partial charge in [-0.15, -0.1) is 0 Å². The van der Waals surface area contributed by atoms with Crippen LogP contribution in [0.4, 0.5) is 13.2 Å². The number of rotatable bonds is 7. The summed E-state index contributed by atoms with van der Waals surface area (Å²) in [6.45, 7) is 0.240. The lowest BCUT2D eigenvalue weighted by atomic mass is 9.91. The fourth-order valence-electron chi connectivity index (χ4n) is 2.93. The zero-order chi connectivity index (χ0) is 18.0. The summed E-state index contributed by atoms with van der Waals surface area (Å²) in [7, 11) is 1.58. The van der Waals surface area contributed by atoms with Gasteiger partial charge in [-0.3, -0.25) is 0 Å². The van der Waals surface area contributed by atoms with Gasteiger partial charge in [0.25, 0.3) is 0 Å². The van der Waals surface area contributed by atoms with Crippen molar-refractivity contribution in [2.75, 3.05) is 7.11 Å². The molecule has 25 heavy (non-hydrogen) atoms. The second-order valence-corrected chi connectivity index (χ2v) is 6.56. The van der Waals surface area contributed by atoms with Crippen LogP contribution >= 0.6 is 11.6 Å². The lowest BCUT2D eigenvalue weighted by molar-refractivity contribution is 0.0921. The van der Waals surface area contributed by atoms with Crippen LogP contribution in [0.2, 0.25) is 5.02 Å². The van der Waals surface area contributed by atoms with Gasteiger partial charge in [0.15, 0.2) is 0 Å². The molecule has 0 aromatic heterocycles. The summed E-state index contributed by atoms with van der Waals surface area (Å²) in [6.07, 6.45) is -1.76. The molecule has 0 aliphatic heterocycles. The first kappa shape index (κ1) is 18.1. The quantitative estimate of drug-likeness (QED) is 0.640. The van der Waals surface area contributed by atoms with E-state index in [2.05, 4.69) is 0 Å². The number of methoxy groups -OCH3 is 1. The van der Waals surface area contributed by atoms with Crippen molar-refractivity contribution in [2.24, 2.45) is 0 Å². The maximum atomic E-state index is 13.8. The third-order valence-corrected chi connectivity index (χ3v) is 5.02. The molecule has 0 unspecified atom stereocenters. The Balaban J connectivity index is 1.76. The summed E-state index contributed by atoms with van der Waals surface area (Å²) in [5.74, 6) is 0.102. The summed E-state index contributed by atoms with van der Waals surface area (Å²) in [5.41, 5.74) is 0.386. The number of alkyl halides is 2. The van der Waals surface area contributed by atoms with Crippen LogP contribution in [0.25, 0.3) is 0 Å². The van der Waals surface area contributed by atoms with E-state index < -0.39 is 17.7 Å². The van der Waals surface area contributed by atoms with Crippen molar-refractivity contribution in [1.82, 2.24) is 0 Å². The number of hydrogen-bond donors (Lipinski definition) is 0. The number of halogens is 4. The third-order valence-electron chi connectivity index (χ3n) is 4.61. The molecule has 2 aromatic carbocycles. The van der Waals surface area contributed by atoms with E-state index in [0.29, 0.717) is 24.0 Å². The van der Waals surface area contributed by atoms with Crippen molar-refractivity contribution < 1.29 is 22.6 Å². The predicted molar refractivity (Wildman–Crippen MR) is 89.8 cm³/mol. The maximum absolute atomic E-state index is 13.8. The van der Waals surface area contributed by atoms with Crippen molar-refractivity contribution >= 4 is 11.6 Å². The van der Waals surface area contributed by atoms with Crippen LogP contribution in [0.1, 0.15) is 29.5 Å². The Labute approximate surface area is 149 Å². The minimum Gasteiger partial charge on any atom is -0.497 e. The number of ether oxygens (including phenoxy) is 2. The van der Waals surface area contributed by atoms with E-state index in [0.717, 1.165) is 17.4 Å². The molecule has 6 heteroatoms. The third kappa shape index (κ3) is 3.62. The molecule has 134 valence electrons. The van der Waals surface area contributed by atoms with Crippen LogP contribution in [-0.2, 0) is 23.4 Å². The summed E-state index contributed by atoms with van der Waals surface area (Å²) < 4.78 is 51.4. The highest BCUT2D eigenvalue weighted by Crippen LogP contribution is 2.54. The molecule has 1 saturated carbocycles. The average molecular weight is 371 g/mol. The van der Waals surface area contributed by atoms with Gasteiger partial charge in [-0.25, -0.2) is 13.2 Å². The van der Waals surface area contributed by atoms with E-state index in [1.165, 1.54) is 6.07 Å². The molecule has 0 heterocycles. The molecule has 0 atom stereocenters. The SMILES string of the molecule is COc1ccc(COCc2c(C3(C(F)F)CC3)ccc(F)c2Cl)cc1. The minimum absolute atomic E-state index is 0.0214. The molecule has 0 N–H and O–H groups in total. The predicted octanol–water partition coefficient (Wildman–Crippen LogP) is 5.50. The summed E-state index contributed by atoms with van der Waals surface area (Å²) >= 11 is 6.04. The van der Waals surface area contributed by atoms with Crippen LogP contribution in [0.3, 0.4) is 0 Å². The fourth-order valence-corrected chi connectivity index (χ4v) is 3.15. The summed E-state index contributed by atoms with van der Waals surface area (Å²) in [4.78, 5) is 0. The molecular formula is C19H18ClF3O2. The molecule has 0 saturated heterocycles. The van der Waals surface area contributed by atoms with E-state index in [1.54, 1.807) is 19.2 Å². The molecule has 1 aliphatic rings. The Morgan fingerprint density at radius 2 is 1.76 bits per heavy atom. The maximum Gasteiger partial charge on any atom is 0.248 e. The van der Waals surface area contributed by atoms with Crippen molar-refractivity contribution in [1.29, 1.82) is 0 Å². The Morgan fingerprint density at radius 1 is 1.08 bits per heavy atom. The van der Waals surface area contributed by atoms with Gasteiger partial charge in [-0.1, -0.05) is 29.8 Å². The average Bonchev–Trinajstić information content (AvgIpc) is 3.41. The molecule has 0 amide bonds. The molecule has 0 radical (unpaired) electrons. The minimum atomic E-state index is -2.51. The lowest BCUT2D eigenvalue weighted by Crippen LogP contribution is -2.20. The van der Waals surface area contributed by atoms with Gasteiger partial charge in [0.05, 0.1) is 30.8 Å². The van der Waals surface area contributed by atoms with E-state index in [4.69, 9.17) is 21.1 Å². The molecular weight excluding hydrogens is 353 g/mol. The number of benzene rings is 2. The normalized spacial score (nSPS) is 15.4. The van der Waals surface area contributed by atoms with Gasteiger partial charge in [0.2, 0.25) is 6.43 Å². The zero-order valence-corrected chi connectivity index (χ0v) is 14.5. The zero-order valence-electron chi connectivity index (χ0n) is 13.7. The molecule has 0 bridgehead atoms. The van der Waals surface area contributed by atoms with Crippen LogP contribution in [0, 0.1) is 5.82 Å². The van der Waals surface area contributed by atoms with Crippen LogP contribution < -0.4 is 4.74 Å². The van der Waals surface area contributed by atoms with Gasteiger partial charge in [-0.05, 0) is 42.2 Å². The van der Waals surface area contributed by atoms with E-state index in [9.17, 15) is 13.2 Å². The lowest BCUT2D eigenvalue weighted by Gasteiger charge is -2.20. The van der Waals surface area contributed by atoms with Gasteiger partial charge < -0.3 is 9.47 Å². The van der Waals surface area contributed by atoms with E-state index in [-0.39, 0.29) is 18.2 Å². The first-order chi connectivity index (χ1) is 12.0. The first-order valence-corrected chi connectivity index (χ1v) is 8.32. The highest BCUT2D eigenvalue weighted by Gasteiger charge is 2.53. The molecule has 1 fully saturated rings. The summed E-state index contributed by atoms with van der Waals surface area (Å²) in [6, 6.07) is 9.84. The monoisotopic (exact) mass is 370 g/mol. The molecule has 3 rings (SSSR count). The smallest absolute Gasteiger partial charge is 0.248 e. The topological polar surface area (TPSA) is 18.5 Å².